The maximum atomic E-state index is 3.30. The molecule has 0 bridgehead atoms. The van der Waals surface area contributed by atoms with Crippen molar-refractivity contribution in [1.29, 1.82) is 0 Å². The zero-order chi connectivity index (χ0) is 19.2. The van der Waals surface area contributed by atoms with Gasteiger partial charge in [0.2, 0.25) is 0 Å². The fourth-order valence-corrected chi connectivity index (χ4v) is 5.32. The van der Waals surface area contributed by atoms with Crippen molar-refractivity contribution >= 4 is 0 Å². The molecule has 0 amide bonds. The van der Waals surface area contributed by atoms with Crippen LogP contribution in [0, 0.1) is 10.8 Å². The second-order valence-corrected chi connectivity index (χ2v) is 10.3. The topological polar surface area (TPSA) is 18.5 Å². The summed E-state index contributed by atoms with van der Waals surface area (Å²) < 4.78 is 0. The maximum absolute atomic E-state index is 3.30. The van der Waals surface area contributed by atoms with Crippen LogP contribution < -0.4 is 5.32 Å². The van der Waals surface area contributed by atoms with Gasteiger partial charge in [0.05, 0.1) is 0 Å². The van der Waals surface area contributed by atoms with Gasteiger partial charge in [-0.15, -0.1) is 0 Å². The lowest BCUT2D eigenvalue weighted by molar-refractivity contribution is 0.0871. The van der Waals surface area contributed by atoms with Crippen LogP contribution in [0.2, 0.25) is 0 Å². The second kappa shape index (κ2) is 12.5. The summed E-state index contributed by atoms with van der Waals surface area (Å²) in [6.45, 7) is 18.1. The van der Waals surface area contributed by atoms with Gasteiger partial charge in [0.1, 0.15) is 0 Å². The van der Waals surface area contributed by atoms with Gasteiger partial charge in [0.25, 0.3) is 0 Å². The van der Waals surface area contributed by atoms with E-state index in [1.54, 1.807) is 0 Å². The van der Waals surface area contributed by atoms with Crippen molar-refractivity contribution in [2.24, 2.45) is 10.8 Å². The second-order valence-electron chi connectivity index (χ2n) is 10.3. The van der Waals surface area contributed by atoms with Gasteiger partial charge in [-0.05, 0) is 110 Å². The number of hydrogen-bond donors (Lipinski definition) is 1. The molecule has 1 N–H and O–H groups in total. The molecule has 2 aliphatic heterocycles. The molecule has 3 aliphatic rings. The average Bonchev–Trinajstić information content (AvgIpc) is 3.04. The molecule has 0 aromatic rings. The van der Waals surface area contributed by atoms with Crippen LogP contribution in [0.15, 0.2) is 0 Å². The third-order valence-electron chi connectivity index (χ3n) is 7.59. The highest BCUT2D eigenvalue weighted by molar-refractivity contribution is 4.90. The molecule has 3 rings (SSSR count). The molecule has 1 spiro atoms. The van der Waals surface area contributed by atoms with Crippen molar-refractivity contribution in [2.75, 3.05) is 39.8 Å². The van der Waals surface area contributed by atoms with Crippen molar-refractivity contribution in [3.63, 3.8) is 0 Å². The smallest absolute Gasteiger partial charge is 0.00385 e. The summed E-state index contributed by atoms with van der Waals surface area (Å²) in [7, 11) is 2.06. The van der Waals surface area contributed by atoms with Gasteiger partial charge in [0, 0.05) is 18.6 Å². The van der Waals surface area contributed by atoms with E-state index in [-0.39, 0.29) is 14.9 Å². The molecule has 0 radical (unpaired) electrons. The minimum absolute atomic E-state index is 0. The van der Waals surface area contributed by atoms with Crippen molar-refractivity contribution in [3.8, 4) is 0 Å². The predicted molar refractivity (Wildman–Crippen MR) is 128 cm³/mol. The molecular formula is C25H55N3. The van der Waals surface area contributed by atoms with Gasteiger partial charge in [0.15, 0.2) is 0 Å². The van der Waals surface area contributed by atoms with Crippen molar-refractivity contribution in [3.05, 3.63) is 0 Å². The normalized spacial score (nSPS) is 24.4. The Morgan fingerprint density at radius 3 is 1.46 bits per heavy atom. The van der Waals surface area contributed by atoms with Crippen molar-refractivity contribution < 1.29 is 0 Å². The Morgan fingerprint density at radius 2 is 1.11 bits per heavy atom. The number of likely N-dealkylation sites (tertiary alicyclic amines) is 2. The molecule has 2 saturated heterocycles. The van der Waals surface area contributed by atoms with Crippen LogP contribution in [0.25, 0.3) is 0 Å². The summed E-state index contributed by atoms with van der Waals surface area (Å²) in [6.07, 6.45) is 11.7. The molecule has 1 saturated carbocycles. The molecule has 1 aliphatic carbocycles. The van der Waals surface area contributed by atoms with Gasteiger partial charge in [-0.25, -0.2) is 0 Å². The minimum atomic E-state index is 0. The lowest BCUT2D eigenvalue weighted by Crippen LogP contribution is -2.45. The van der Waals surface area contributed by atoms with Gasteiger partial charge in [-0.2, -0.15) is 0 Å². The first-order valence-corrected chi connectivity index (χ1v) is 11.4. The maximum Gasteiger partial charge on any atom is 0.00385 e. The molecule has 0 unspecified atom stereocenters. The first-order chi connectivity index (χ1) is 12.3. The fraction of sp³-hybridized carbons (Fsp3) is 1.00. The zero-order valence-corrected chi connectivity index (χ0v) is 18.7. The lowest BCUT2D eigenvalue weighted by atomic mass is 9.77. The molecule has 170 valence electrons. The fourth-order valence-electron chi connectivity index (χ4n) is 5.32. The van der Waals surface area contributed by atoms with Crippen LogP contribution in [0.1, 0.15) is 101 Å². The average molecular weight is 398 g/mol. The largest absolute Gasteiger partial charge is 0.319 e. The summed E-state index contributed by atoms with van der Waals surface area (Å²) in [4.78, 5) is 5.22. The highest BCUT2D eigenvalue weighted by atomic mass is 15.2. The summed E-state index contributed by atoms with van der Waals surface area (Å²) in [6, 6.07) is 1.48. The molecule has 0 aromatic heterocycles. The van der Waals surface area contributed by atoms with Crippen LogP contribution in [-0.4, -0.2) is 61.7 Å². The van der Waals surface area contributed by atoms with Crippen LogP contribution in [0.4, 0.5) is 0 Å². The third-order valence-corrected chi connectivity index (χ3v) is 7.59. The summed E-state index contributed by atoms with van der Waals surface area (Å²) in [5.74, 6) is 0. The Morgan fingerprint density at radius 1 is 0.714 bits per heavy atom. The monoisotopic (exact) mass is 397 g/mol. The van der Waals surface area contributed by atoms with E-state index in [1.165, 1.54) is 84.1 Å². The molecule has 28 heavy (non-hydrogen) atoms. The summed E-state index contributed by atoms with van der Waals surface area (Å²) in [5.41, 5.74) is 1.34. The quantitative estimate of drug-likeness (QED) is 0.624. The Hall–Kier alpha value is -0.120. The van der Waals surface area contributed by atoms with Crippen LogP contribution >= 0.6 is 0 Å². The molecular weight excluding hydrogens is 342 g/mol. The van der Waals surface area contributed by atoms with E-state index in [1.807, 2.05) is 0 Å². The number of nitrogens with one attached hydrogen (secondary N) is 1. The van der Waals surface area contributed by atoms with E-state index >= 15 is 0 Å². The van der Waals surface area contributed by atoms with Crippen LogP contribution in [0.3, 0.4) is 0 Å². The zero-order valence-electron chi connectivity index (χ0n) is 18.7. The molecule has 2 heterocycles. The molecule has 3 nitrogen and oxygen atoms in total. The molecule has 3 heteroatoms. The Kier molecular flexibility index (Phi) is 12.5. The minimum Gasteiger partial charge on any atom is -0.319 e. The number of hydrogen-bond acceptors (Lipinski definition) is 3. The molecule has 3 fully saturated rings. The molecule has 0 atom stereocenters. The molecule has 0 aromatic carbocycles. The summed E-state index contributed by atoms with van der Waals surface area (Å²) >= 11 is 0. The Labute approximate surface area is 179 Å². The van der Waals surface area contributed by atoms with Gasteiger partial charge >= 0.3 is 0 Å². The van der Waals surface area contributed by atoms with Gasteiger partial charge in [-0.3, -0.25) is 0 Å². The third kappa shape index (κ3) is 7.95. The standard InChI is InChI=1S/C12H23N.C11H24N2.2CH4/c1-11(2)13-9-7-12(8-10-13)5-3-4-6-12;1-10(2)13-7-5-11(3,6-8-13)9-12-4;;/h11H,3-10H2,1-2H3;10,12H,5-9H2,1-4H3;2*1H4. The highest BCUT2D eigenvalue weighted by Crippen LogP contribution is 2.46. The van der Waals surface area contributed by atoms with E-state index < -0.39 is 0 Å². The Balaban J connectivity index is 0.000000486. The first-order valence-electron chi connectivity index (χ1n) is 11.4. The van der Waals surface area contributed by atoms with E-state index in [0.717, 1.165) is 17.5 Å². The number of rotatable bonds is 4. The predicted octanol–water partition coefficient (Wildman–Crippen LogP) is 6.04. The van der Waals surface area contributed by atoms with E-state index in [9.17, 15) is 0 Å². The van der Waals surface area contributed by atoms with Gasteiger partial charge in [-0.1, -0.05) is 34.6 Å². The van der Waals surface area contributed by atoms with Gasteiger partial charge < -0.3 is 15.1 Å². The van der Waals surface area contributed by atoms with Crippen LogP contribution in [-0.2, 0) is 0 Å². The number of nitrogens with zero attached hydrogens (tertiary/aromatic N) is 2. The Bertz CT molecular complexity index is 381. The van der Waals surface area contributed by atoms with E-state index in [4.69, 9.17) is 0 Å². The van der Waals surface area contributed by atoms with Crippen LogP contribution in [0.5, 0.6) is 0 Å². The van der Waals surface area contributed by atoms with E-state index in [2.05, 4.69) is 56.8 Å². The lowest BCUT2D eigenvalue weighted by Gasteiger charge is -2.41. The highest BCUT2D eigenvalue weighted by Gasteiger charge is 2.37. The first kappa shape index (κ1) is 27.9. The SMILES string of the molecule is C.C.CC(C)N1CCC2(CCCC2)CC1.CNCC1(C)CCN(C(C)C)CC1. The van der Waals surface area contributed by atoms with E-state index in [0.29, 0.717) is 5.41 Å². The summed E-state index contributed by atoms with van der Waals surface area (Å²) in [5, 5.41) is 3.30. The van der Waals surface area contributed by atoms with Crippen molar-refractivity contribution in [2.45, 2.75) is 113 Å². The van der Waals surface area contributed by atoms with Crippen molar-refractivity contribution in [1.82, 2.24) is 15.1 Å². The number of piperidine rings is 2.